The molecule has 0 spiro atoms. The Kier molecular flexibility index (Phi) is 4.53. The van der Waals surface area contributed by atoms with Crippen molar-refractivity contribution >= 4 is 0 Å². The number of aryl methyl sites for hydroxylation is 1. The van der Waals surface area contributed by atoms with Crippen LogP contribution in [-0.4, -0.2) is 4.98 Å². The maximum atomic E-state index is 6.10. The van der Waals surface area contributed by atoms with Crippen LogP contribution in [-0.2, 0) is 6.61 Å². The van der Waals surface area contributed by atoms with Crippen molar-refractivity contribution in [2.75, 3.05) is 0 Å². The van der Waals surface area contributed by atoms with Gasteiger partial charge in [0.2, 0.25) is 0 Å². The van der Waals surface area contributed by atoms with Crippen LogP contribution in [0.25, 0.3) is 0 Å². The predicted molar refractivity (Wildman–Crippen MR) is 77.0 cm³/mol. The molecule has 1 heterocycles. The van der Waals surface area contributed by atoms with E-state index in [-0.39, 0.29) is 6.04 Å². The van der Waals surface area contributed by atoms with Crippen LogP contribution in [0.15, 0.2) is 42.6 Å². The minimum absolute atomic E-state index is 0.0148. The SMILES string of the molecule is CC[C@H](N)c1ccccc1OCc1ncccc1C. The van der Waals surface area contributed by atoms with Crippen LogP contribution in [0.5, 0.6) is 5.75 Å². The molecule has 0 bridgehead atoms. The van der Waals surface area contributed by atoms with Crippen LogP contribution in [0.2, 0.25) is 0 Å². The molecule has 0 aliphatic rings. The van der Waals surface area contributed by atoms with Gasteiger partial charge in [-0.1, -0.05) is 31.2 Å². The van der Waals surface area contributed by atoms with Crippen LogP contribution in [0.4, 0.5) is 0 Å². The number of ether oxygens (including phenoxy) is 1. The van der Waals surface area contributed by atoms with E-state index in [1.807, 2.05) is 43.3 Å². The first kappa shape index (κ1) is 13.6. The zero-order valence-corrected chi connectivity index (χ0v) is 11.5. The molecule has 1 aromatic heterocycles. The summed E-state index contributed by atoms with van der Waals surface area (Å²) in [6, 6.07) is 11.9. The quantitative estimate of drug-likeness (QED) is 0.892. The molecule has 2 rings (SSSR count). The zero-order valence-electron chi connectivity index (χ0n) is 11.5. The summed E-state index contributed by atoms with van der Waals surface area (Å²) in [5, 5.41) is 0. The van der Waals surface area contributed by atoms with Gasteiger partial charge >= 0.3 is 0 Å². The van der Waals surface area contributed by atoms with Gasteiger partial charge in [-0.15, -0.1) is 0 Å². The van der Waals surface area contributed by atoms with Crippen LogP contribution in [0, 0.1) is 6.92 Å². The molecule has 2 aromatic rings. The fourth-order valence-electron chi connectivity index (χ4n) is 1.95. The summed E-state index contributed by atoms with van der Waals surface area (Å²) >= 11 is 0. The van der Waals surface area contributed by atoms with E-state index in [4.69, 9.17) is 10.5 Å². The summed E-state index contributed by atoms with van der Waals surface area (Å²) in [7, 11) is 0. The Morgan fingerprint density at radius 2 is 2.00 bits per heavy atom. The summed E-state index contributed by atoms with van der Waals surface area (Å²) in [5.41, 5.74) is 9.25. The van der Waals surface area contributed by atoms with E-state index in [2.05, 4.69) is 11.9 Å². The van der Waals surface area contributed by atoms with Gasteiger partial charge < -0.3 is 10.5 Å². The molecular weight excluding hydrogens is 236 g/mol. The molecule has 0 amide bonds. The van der Waals surface area contributed by atoms with Gasteiger partial charge in [0.25, 0.3) is 0 Å². The first-order valence-corrected chi connectivity index (χ1v) is 6.60. The Morgan fingerprint density at radius 1 is 1.21 bits per heavy atom. The third-order valence-corrected chi connectivity index (χ3v) is 3.24. The molecule has 3 nitrogen and oxygen atoms in total. The van der Waals surface area contributed by atoms with Crippen molar-refractivity contribution in [1.29, 1.82) is 0 Å². The van der Waals surface area contributed by atoms with Crippen molar-refractivity contribution in [3.05, 3.63) is 59.4 Å². The third-order valence-electron chi connectivity index (χ3n) is 3.24. The van der Waals surface area contributed by atoms with Gasteiger partial charge in [0.15, 0.2) is 0 Å². The zero-order chi connectivity index (χ0) is 13.7. The van der Waals surface area contributed by atoms with E-state index < -0.39 is 0 Å². The fraction of sp³-hybridized carbons (Fsp3) is 0.312. The van der Waals surface area contributed by atoms with Crippen LogP contribution >= 0.6 is 0 Å². The lowest BCUT2D eigenvalue weighted by atomic mass is 10.0. The first-order valence-electron chi connectivity index (χ1n) is 6.60. The van der Waals surface area contributed by atoms with E-state index in [0.717, 1.165) is 29.0 Å². The van der Waals surface area contributed by atoms with Crippen molar-refractivity contribution in [2.45, 2.75) is 32.9 Å². The lowest BCUT2D eigenvalue weighted by Crippen LogP contribution is -2.11. The first-order chi connectivity index (χ1) is 9.22. The van der Waals surface area contributed by atoms with Crippen molar-refractivity contribution in [3.63, 3.8) is 0 Å². The number of pyridine rings is 1. The number of nitrogens with zero attached hydrogens (tertiary/aromatic N) is 1. The number of aromatic nitrogens is 1. The number of para-hydroxylation sites is 1. The molecule has 0 saturated heterocycles. The van der Waals surface area contributed by atoms with Crippen molar-refractivity contribution in [2.24, 2.45) is 5.73 Å². The Morgan fingerprint density at radius 3 is 2.74 bits per heavy atom. The minimum Gasteiger partial charge on any atom is -0.487 e. The number of hydrogen-bond acceptors (Lipinski definition) is 3. The second-order valence-corrected chi connectivity index (χ2v) is 4.61. The minimum atomic E-state index is 0.0148. The molecule has 0 unspecified atom stereocenters. The molecule has 19 heavy (non-hydrogen) atoms. The maximum absolute atomic E-state index is 6.10. The summed E-state index contributed by atoms with van der Waals surface area (Å²) in [4.78, 5) is 4.33. The Hall–Kier alpha value is -1.87. The smallest absolute Gasteiger partial charge is 0.130 e. The topological polar surface area (TPSA) is 48.1 Å². The van der Waals surface area contributed by atoms with Gasteiger partial charge in [-0.2, -0.15) is 0 Å². The Balaban J connectivity index is 2.14. The summed E-state index contributed by atoms with van der Waals surface area (Å²) in [6.45, 7) is 4.58. The lowest BCUT2D eigenvalue weighted by Gasteiger charge is -2.15. The van der Waals surface area contributed by atoms with Crippen molar-refractivity contribution in [1.82, 2.24) is 4.98 Å². The summed E-state index contributed by atoms with van der Waals surface area (Å²) in [6.07, 6.45) is 2.68. The molecule has 0 aliphatic heterocycles. The lowest BCUT2D eigenvalue weighted by molar-refractivity contribution is 0.295. The molecule has 0 fully saturated rings. The van der Waals surface area contributed by atoms with Crippen LogP contribution in [0.3, 0.4) is 0 Å². The average molecular weight is 256 g/mol. The summed E-state index contributed by atoms with van der Waals surface area (Å²) < 4.78 is 5.88. The van der Waals surface area contributed by atoms with E-state index >= 15 is 0 Å². The maximum Gasteiger partial charge on any atom is 0.130 e. The highest BCUT2D eigenvalue weighted by molar-refractivity contribution is 5.36. The van der Waals surface area contributed by atoms with E-state index in [9.17, 15) is 0 Å². The monoisotopic (exact) mass is 256 g/mol. The van der Waals surface area contributed by atoms with Gasteiger partial charge in [-0.3, -0.25) is 4.98 Å². The average Bonchev–Trinajstić information content (AvgIpc) is 2.46. The van der Waals surface area contributed by atoms with Crippen molar-refractivity contribution in [3.8, 4) is 5.75 Å². The molecule has 2 N–H and O–H groups in total. The van der Waals surface area contributed by atoms with Crippen LogP contribution < -0.4 is 10.5 Å². The molecular formula is C16H20N2O. The molecule has 1 aromatic carbocycles. The van der Waals surface area contributed by atoms with Crippen LogP contribution in [0.1, 0.15) is 36.2 Å². The highest BCUT2D eigenvalue weighted by Crippen LogP contribution is 2.26. The highest BCUT2D eigenvalue weighted by Gasteiger charge is 2.10. The molecule has 0 radical (unpaired) electrons. The number of benzene rings is 1. The van der Waals surface area contributed by atoms with Gasteiger partial charge in [-0.05, 0) is 31.0 Å². The second kappa shape index (κ2) is 6.34. The highest BCUT2D eigenvalue weighted by atomic mass is 16.5. The third kappa shape index (κ3) is 3.32. The number of hydrogen-bond donors (Lipinski definition) is 1. The largest absolute Gasteiger partial charge is 0.487 e. The van der Waals surface area contributed by atoms with Crippen molar-refractivity contribution < 1.29 is 4.74 Å². The molecule has 0 aliphatic carbocycles. The summed E-state index contributed by atoms with van der Waals surface area (Å²) in [5.74, 6) is 0.849. The Labute approximate surface area is 114 Å². The molecule has 1 atom stereocenters. The Bertz CT molecular complexity index is 540. The van der Waals surface area contributed by atoms with Gasteiger partial charge in [0.05, 0.1) is 5.69 Å². The molecule has 3 heteroatoms. The van der Waals surface area contributed by atoms with E-state index in [0.29, 0.717) is 6.61 Å². The second-order valence-electron chi connectivity index (χ2n) is 4.61. The van der Waals surface area contributed by atoms with Gasteiger partial charge in [0, 0.05) is 17.8 Å². The fourth-order valence-corrected chi connectivity index (χ4v) is 1.95. The molecule has 100 valence electrons. The normalized spacial score (nSPS) is 12.2. The molecule has 0 saturated carbocycles. The predicted octanol–water partition coefficient (Wildman–Crippen LogP) is 3.38. The van der Waals surface area contributed by atoms with E-state index in [1.165, 1.54) is 0 Å². The number of rotatable bonds is 5. The van der Waals surface area contributed by atoms with E-state index in [1.54, 1.807) is 6.20 Å². The standard InChI is InChI=1S/C16H20N2O/c1-3-14(17)13-8-4-5-9-16(13)19-11-15-12(2)7-6-10-18-15/h4-10,14H,3,11,17H2,1-2H3/t14-/m0/s1. The van der Waals surface area contributed by atoms with Gasteiger partial charge in [0.1, 0.15) is 12.4 Å². The number of nitrogens with two attached hydrogens (primary N) is 1. The van der Waals surface area contributed by atoms with Gasteiger partial charge in [-0.25, -0.2) is 0 Å².